The maximum Gasteiger partial charge on any atom is 0.332 e. The molecule has 2 aromatic carbocycles. The molecule has 0 fully saturated rings. The van der Waals surface area contributed by atoms with E-state index >= 15 is 0 Å². The summed E-state index contributed by atoms with van der Waals surface area (Å²) < 4.78 is 0. The molecule has 2 N–H and O–H groups in total. The molecule has 0 spiro atoms. The number of benzene rings is 2. The predicted octanol–water partition coefficient (Wildman–Crippen LogP) is 6.94. The lowest BCUT2D eigenvalue weighted by molar-refractivity contribution is -0.136. The fourth-order valence-electron chi connectivity index (χ4n) is 4.07. The zero-order chi connectivity index (χ0) is 27.6. The van der Waals surface area contributed by atoms with Crippen LogP contribution >= 0.6 is 0 Å². The molecule has 0 radical (unpaired) electrons. The van der Waals surface area contributed by atoms with Gasteiger partial charge in [-0.1, -0.05) is 101 Å². The number of aliphatic carboxylic acids is 2. The lowest BCUT2D eigenvalue weighted by Gasteiger charge is -2.10. The van der Waals surface area contributed by atoms with Gasteiger partial charge in [0.1, 0.15) is 0 Å². The number of hydrogen-bond donors (Lipinski definition) is 2. The largest absolute Gasteiger partial charge is 0.478 e. The first-order valence-electron chi connectivity index (χ1n) is 13.8. The van der Waals surface area contributed by atoms with E-state index in [0.29, 0.717) is 0 Å². The molecule has 0 heterocycles. The number of carboxylic acid groups (broad SMARTS) is 2. The average Bonchev–Trinajstić information content (AvgIpc) is 2.91. The molecule has 0 atom stereocenters. The summed E-state index contributed by atoms with van der Waals surface area (Å²) in [6, 6.07) is 14.9. The molecule has 6 nitrogen and oxygen atoms in total. The van der Waals surface area contributed by atoms with Gasteiger partial charge in [0.25, 0.3) is 0 Å². The second-order valence-corrected chi connectivity index (χ2v) is 9.60. The Kier molecular flexibility index (Phi) is 14.4. The van der Waals surface area contributed by atoms with Crippen molar-refractivity contribution in [3.05, 3.63) is 81.9 Å². The Hall–Kier alpha value is -3.54. The third-order valence-electron chi connectivity index (χ3n) is 6.36. The molecule has 0 saturated carbocycles. The van der Waals surface area contributed by atoms with Crippen LogP contribution in [-0.2, 0) is 22.4 Å². The third-order valence-corrected chi connectivity index (χ3v) is 6.36. The minimum atomic E-state index is -1.22. The van der Waals surface area contributed by atoms with Gasteiger partial charge in [-0.25, -0.2) is 9.59 Å². The fraction of sp³-hybridized carbons (Fsp3) is 0.438. The van der Waals surface area contributed by atoms with E-state index in [1.807, 2.05) is 61.0 Å². The van der Waals surface area contributed by atoms with Crippen molar-refractivity contribution in [2.45, 2.75) is 78.1 Å². The maximum atomic E-state index is 12.1. The highest BCUT2D eigenvalue weighted by molar-refractivity contribution is 5.99. The van der Waals surface area contributed by atoms with Crippen molar-refractivity contribution in [2.75, 3.05) is 13.1 Å². The van der Waals surface area contributed by atoms with Crippen molar-refractivity contribution < 1.29 is 19.8 Å². The van der Waals surface area contributed by atoms with Crippen LogP contribution in [0.1, 0.15) is 87.5 Å². The van der Waals surface area contributed by atoms with Gasteiger partial charge in [-0.2, -0.15) is 0 Å². The minimum Gasteiger partial charge on any atom is -0.478 e. The standard InChI is InChI=1S/C32H42N2O4/c1-3-5-7-9-19-33-23-27-15-11-25(12-16-27)21-29(31(35)36)30(32(37)38)22-26-13-17-28(18-14-26)24-34-20-10-8-6-4-2/h11-18,23-24H,3-10,19-22H2,1-2H3,(H,35,36)(H,37,38)/b30-29-,33-23?,34-24?. The Balaban J connectivity index is 2.06. The van der Waals surface area contributed by atoms with Crippen LogP contribution in [-0.4, -0.2) is 47.7 Å². The molecule has 6 heteroatoms. The number of carboxylic acids is 2. The molecular formula is C32H42N2O4. The molecule has 2 rings (SSSR count). The Morgan fingerprint density at radius 3 is 1.29 bits per heavy atom. The van der Waals surface area contributed by atoms with Crippen LogP contribution < -0.4 is 0 Å². The third kappa shape index (κ3) is 11.7. The molecule has 0 unspecified atom stereocenters. The van der Waals surface area contributed by atoms with Crippen molar-refractivity contribution in [2.24, 2.45) is 9.98 Å². The van der Waals surface area contributed by atoms with Crippen molar-refractivity contribution in [1.29, 1.82) is 0 Å². The first kappa shape index (κ1) is 30.7. The summed E-state index contributed by atoms with van der Waals surface area (Å²) in [5.41, 5.74) is 3.15. The highest BCUT2D eigenvalue weighted by atomic mass is 16.4. The molecule has 2 aromatic rings. The number of aliphatic imine (C=N–C) groups is 2. The summed E-state index contributed by atoms with van der Waals surface area (Å²) in [5.74, 6) is -2.43. The summed E-state index contributed by atoms with van der Waals surface area (Å²) in [6.07, 6.45) is 13.1. The molecular weight excluding hydrogens is 476 g/mol. The normalized spacial score (nSPS) is 12.3. The van der Waals surface area contributed by atoms with Gasteiger partial charge < -0.3 is 10.2 Å². The summed E-state index contributed by atoms with van der Waals surface area (Å²) in [6.45, 7) is 5.95. The molecule has 0 aliphatic rings. The van der Waals surface area contributed by atoms with Crippen LogP contribution in [0.2, 0.25) is 0 Å². The number of rotatable bonds is 18. The predicted molar refractivity (Wildman–Crippen MR) is 156 cm³/mol. The van der Waals surface area contributed by atoms with Crippen molar-refractivity contribution >= 4 is 24.4 Å². The Labute approximate surface area is 227 Å². The van der Waals surface area contributed by atoms with E-state index < -0.39 is 11.9 Å². The summed E-state index contributed by atoms with van der Waals surface area (Å²) >= 11 is 0. The van der Waals surface area contributed by atoms with Gasteiger partial charge in [0, 0.05) is 38.4 Å². The highest BCUT2D eigenvalue weighted by Gasteiger charge is 2.21. The SMILES string of the molecule is CCCCCCN=Cc1ccc(C/C(C(=O)O)=C(\Cc2ccc(C=NCCCCCC)cc2)C(=O)O)cc1. The van der Waals surface area contributed by atoms with Gasteiger partial charge in [-0.15, -0.1) is 0 Å². The first-order chi connectivity index (χ1) is 18.4. The quantitative estimate of drug-likeness (QED) is 0.127. The van der Waals surface area contributed by atoms with E-state index in [1.54, 1.807) is 0 Å². The summed E-state index contributed by atoms with van der Waals surface area (Å²) in [4.78, 5) is 33.0. The Morgan fingerprint density at radius 1 is 0.605 bits per heavy atom. The van der Waals surface area contributed by atoms with Gasteiger partial charge in [0.15, 0.2) is 0 Å². The zero-order valence-corrected chi connectivity index (χ0v) is 22.9. The minimum absolute atomic E-state index is 0.0359. The van der Waals surface area contributed by atoms with Crippen LogP contribution in [0.4, 0.5) is 0 Å². The van der Waals surface area contributed by atoms with Crippen molar-refractivity contribution in [3.63, 3.8) is 0 Å². The lowest BCUT2D eigenvalue weighted by Crippen LogP contribution is -2.15. The molecule has 0 bridgehead atoms. The molecule has 0 amide bonds. The van der Waals surface area contributed by atoms with Crippen LogP contribution in [0.25, 0.3) is 0 Å². The molecule has 0 aliphatic carbocycles. The zero-order valence-electron chi connectivity index (χ0n) is 22.9. The van der Waals surface area contributed by atoms with E-state index in [9.17, 15) is 19.8 Å². The lowest BCUT2D eigenvalue weighted by atomic mass is 9.94. The Bertz CT molecular complexity index is 996. The Morgan fingerprint density at radius 2 is 0.974 bits per heavy atom. The van der Waals surface area contributed by atoms with E-state index in [-0.39, 0.29) is 24.0 Å². The average molecular weight is 519 g/mol. The smallest absolute Gasteiger partial charge is 0.332 e. The topological polar surface area (TPSA) is 99.3 Å². The molecule has 0 saturated heterocycles. The van der Waals surface area contributed by atoms with E-state index in [4.69, 9.17) is 0 Å². The second-order valence-electron chi connectivity index (χ2n) is 9.60. The molecule has 0 aromatic heterocycles. The van der Waals surface area contributed by atoms with Crippen LogP contribution in [0.15, 0.2) is 69.7 Å². The van der Waals surface area contributed by atoms with E-state index in [2.05, 4.69) is 23.8 Å². The first-order valence-corrected chi connectivity index (χ1v) is 13.8. The van der Waals surface area contributed by atoms with Gasteiger partial charge in [-0.3, -0.25) is 9.98 Å². The fourth-order valence-corrected chi connectivity index (χ4v) is 4.07. The molecule has 0 aliphatic heterocycles. The van der Waals surface area contributed by atoms with Gasteiger partial charge in [-0.05, 0) is 35.1 Å². The number of unbranched alkanes of at least 4 members (excludes halogenated alkanes) is 6. The van der Waals surface area contributed by atoms with Crippen LogP contribution in [0.5, 0.6) is 0 Å². The number of carbonyl (C=O) groups is 2. The molecule has 38 heavy (non-hydrogen) atoms. The number of nitrogens with zero attached hydrogens (tertiary/aromatic N) is 2. The number of hydrogen-bond acceptors (Lipinski definition) is 4. The van der Waals surface area contributed by atoms with Crippen molar-refractivity contribution in [1.82, 2.24) is 0 Å². The summed E-state index contributed by atoms with van der Waals surface area (Å²) in [7, 11) is 0. The van der Waals surface area contributed by atoms with Gasteiger partial charge in [0.2, 0.25) is 0 Å². The van der Waals surface area contributed by atoms with E-state index in [0.717, 1.165) is 48.2 Å². The molecule has 204 valence electrons. The monoisotopic (exact) mass is 518 g/mol. The van der Waals surface area contributed by atoms with Crippen LogP contribution in [0, 0.1) is 0 Å². The highest BCUT2D eigenvalue weighted by Crippen LogP contribution is 2.19. The van der Waals surface area contributed by atoms with Gasteiger partial charge >= 0.3 is 11.9 Å². The second kappa shape index (κ2) is 17.8. The van der Waals surface area contributed by atoms with Crippen molar-refractivity contribution in [3.8, 4) is 0 Å². The maximum absolute atomic E-state index is 12.1. The summed E-state index contributed by atoms with van der Waals surface area (Å²) in [5, 5.41) is 19.7. The van der Waals surface area contributed by atoms with E-state index in [1.165, 1.54) is 38.5 Å². The van der Waals surface area contributed by atoms with Gasteiger partial charge in [0.05, 0.1) is 11.1 Å². The van der Waals surface area contributed by atoms with Crippen LogP contribution in [0.3, 0.4) is 0 Å².